The molecule has 3 heterocycles. The van der Waals surface area contributed by atoms with Crippen LogP contribution in [0.1, 0.15) is 23.0 Å². The van der Waals surface area contributed by atoms with Gasteiger partial charge in [-0.25, -0.2) is 4.52 Å². The van der Waals surface area contributed by atoms with Gasteiger partial charge in [0.1, 0.15) is 5.65 Å². The molecule has 7 heteroatoms. The Balaban J connectivity index is 0.00000182. The molecule has 1 aliphatic rings. The van der Waals surface area contributed by atoms with Crippen LogP contribution in [0.15, 0.2) is 24.3 Å². The van der Waals surface area contributed by atoms with E-state index in [4.69, 9.17) is 4.74 Å². The fourth-order valence-corrected chi connectivity index (χ4v) is 3.62. The van der Waals surface area contributed by atoms with E-state index in [1.54, 1.807) is 6.92 Å². The van der Waals surface area contributed by atoms with Gasteiger partial charge < -0.3 is 9.30 Å². The number of benzene rings is 1. The van der Waals surface area contributed by atoms with Gasteiger partial charge in [0.15, 0.2) is 5.78 Å². The summed E-state index contributed by atoms with van der Waals surface area (Å²) in [6.07, 6.45) is 0. The van der Waals surface area contributed by atoms with Crippen molar-refractivity contribution in [1.82, 2.24) is 19.1 Å². The highest BCUT2D eigenvalue weighted by molar-refractivity contribution is 6.03. The number of para-hydroxylation sites is 2. The lowest BCUT2D eigenvalue weighted by Crippen LogP contribution is -2.38. The van der Waals surface area contributed by atoms with Crippen LogP contribution in [0.25, 0.3) is 16.7 Å². The van der Waals surface area contributed by atoms with Crippen LogP contribution in [0.2, 0.25) is 0 Å². The minimum atomic E-state index is 0. The molecule has 0 saturated carbocycles. The lowest BCUT2D eigenvalue weighted by molar-refractivity contribution is 0.0366. The first kappa shape index (κ1) is 17.9. The molecular formula is C18H23ClN4O2. The summed E-state index contributed by atoms with van der Waals surface area (Å²) in [7, 11) is 0. The van der Waals surface area contributed by atoms with Gasteiger partial charge in [-0.15, -0.1) is 12.4 Å². The molecule has 134 valence electrons. The van der Waals surface area contributed by atoms with Crippen LogP contribution in [0.3, 0.4) is 0 Å². The van der Waals surface area contributed by atoms with Gasteiger partial charge in [-0.3, -0.25) is 9.69 Å². The van der Waals surface area contributed by atoms with Crippen LogP contribution in [0.4, 0.5) is 0 Å². The zero-order chi connectivity index (χ0) is 16.7. The monoisotopic (exact) mass is 362 g/mol. The second-order valence-corrected chi connectivity index (χ2v) is 6.35. The second kappa shape index (κ2) is 7.15. The maximum atomic E-state index is 12.2. The molecule has 0 unspecified atom stereocenters. The molecular weight excluding hydrogens is 340 g/mol. The summed E-state index contributed by atoms with van der Waals surface area (Å²) in [5.74, 6) is 0.0675. The Labute approximate surface area is 152 Å². The zero-order valence-electron chi connectivity index (χ0n) is 14.6. The number of imidazole rings is 1. The Hall–Kier alpha value is -1.89. The molecule has 0 amide bonds. The topological polar surface area (TPSA) is 51.8 Å². The van der Waals surface area contributed by atoms with E-state index < -0.39 is 0 Å². The second-order valence-electron chi connectivity index (χ2n) is 6.35. The van der Waals surface area contributed by atoms with Gasteiger partial charge in [0.05, 0.1) is 35.5 Å². The van der Waals surface area contributed by atoms with Crippen molar-refractivity contribution in [3.63, 3.8) is 0 Å². The fraction of sp³-hybridized carbons (Fsp3) is 0.444. The molecule has 0 aliphatic carbocycles. The van der Waals surface area contributed by atoms with Gasteiger partial charge in [0.2, 0.25) is 0 Å². The molecule has 0 radical (unpaired) electrons. The zero-order valence-corrected chi connectivity index (χ0v) is 15.4. The molecule has 3 aromatic rings. The van der Waals surface area contributed by atoms with Crippen molar-refractivity contribution in [2.24, 2.45) is 0 Å². The fourth-order valence-electron chi connectivity index (χ4n) is 3.62. The van der Waals surface area contributed by atoms with Gasteiger partial charge in [-0.05, 0) is 26.0 Å². The van der Waals surface area contributed by atoms with Crippen molar-refractivity contribution >= 4 is 34.9 Å². The lowest BCUT2D eigenvalue weighted by Gasteiger charge is -2.26. The first-order chi connectivity index (χ1) is 11.7. The van der Waals surface area contributed by atoms with Crippen LogP contribution in [-0.4, -0.2) is 57.7 Å². The van der Waals surface area contributed by atoms with Gasteiger partial charge in [0.25, 0.3) is 0 Å². The van der Waals surface area contributed by atoms with Crippen molar-refractivity contribution in [1.29, 1.82) is 0 Å². The van der Waals surface area contributed by atoms with E-state index >= 15 is 0 Å². The summed E-state index contributed by atoms with van der Waals surface area (Å²) in [6.45, 7) is 8.83. The van der Waals surface area contributed by atoms with Crippen LogP contribution in [0.5, 0.6) is 0 Å². The average Bonchev–Trinajstić information content (AvgIpc) is 3.07. The number of rotatable bonds is 4. The third-order valence-electron chi connectivity index (χ3n) is 4.79. The number of fused-ring (bicyclic) bond motifs is 3. The van der Waals surface area contributed by atoms with Gasteiger partial charge in [0, 0.05) is 26.2 Å². The highest BCUT2D eigenvalue weighted by Gasteiger charge is 2.21. The number of nitrogens with zero attached hydrogens (tertiary/aromatic N) is 4. The highest BCUT2D eigenvalue weighted by Crippen LogP contribution is 2.25. The van der Waals surface area contributed by atoms with Crippen LogP contribution in [0, 0.1) is 6.92 Å². The predicted molar refractivity (Wildman–Crippen MR) is 99.9 cm³/mol. The van der Waals surface area contributed by atoms with E-state index in [1.807, 2.05) is 23.6 Å². The smallest absolute Gasteiger partial charge is 0.165 e. The van der Waals surface area contributed by atoms with E-state index in [0.717, 1.165) is 67.3 Å². The summed E-state index contributed by atoms with van der Waals surface area (Å²) in [4.78, 5) is 14.6. The number of Topliss-reactive ketones (excluding diaryl/α,β-unsaturated/α-hetero) is 1. The minimum absolute atomic E-state index is 0. The van der Waals surface area contributed by atoms with Crippen molar-refractivity contribution in [2.45, 2.75) is 20.4 Å². The van der Waals surface area contributed by atoms with Crippen molar-refractivity contribution in [2.75, 3.05) is 32.8 Å². The quantitative estimate of drug-likeness (QED) is 0.669. The standard InChI is InChI=1S/C18H22N4O2.ClH/c1-13-17(14(2)23)18-21(8-7-20-9-11-24-12-10-20)15-5-3-4-6-16(15)22(18)19-13;/h3-6H,7-12H2,1-2H3;1H. The Kier molecular flexibility index (Phi) is 5.13. The average molecular weight is 363 g/mol. The third-order valence-corrected chi connectivity index (χ3v) is 4.79. The Morgan fingerprint density at radius 2 is 1.84 bits per heavy atom. The van der Waals surface area contributed by atoms with Gasteiger partial charge in [-0.2, -0.15) is 5.10 Å². The summed E-state index contributed by atoms with van der Waals surface area (Å²) < 4.78 is 9.58. The number of carbonyl (C=O) groups is 1. The number of morpholine rings is 1. The van der Waals surface area contributed by atoms with Gasteiger partial charge in [-0.1, -0.05) is 12.1 Å². The molecule has 0 bridgehead atoms. The number of halogens is 1. The number of ketones is 1. The van der Waals surface area contributed by atoms with Crippen molar-refractivity contribution in [3.05, 3.63) is 35.5 Å². The number of ether oxygens (including phenoxy) is 1. The van der Waals surface area contributed by atoms with Crippen molar-refractivity contribution in [3.8, 4) is 0 Å². The number of carbonyl (C=O) groups excluding carboxylic acids is 1. The van der Waals surface area contributed by atoms with Gasteiger partial charge >= 0.3 is 0 Å². The molecule has 2 aromatic heterocycles. The Morgan fingerprint density at radius 3 is 2.52 bits per heavy atom. The van der Waals surface area contributed by atoms with Crippen LogP contribution in [-0.2, 0) is 11.3 Å². The van der Waals surface area contributed by atoms with E-state index in [1.165, 1.54) is 0 Å². The summed E-state index contributed by atoms with van der Waals surface area (Å²) >= 11 is 0. The lowest BCUT2D eigenvalue weighted by atomic mass is 10.2. The molecule has 1 aliphatic heterocycles. The molecule has 4 rings (SSSR count). The molecule has 0 atom stereocenters. The summed E-state index contributed by atoms with van der Waals surface area (Å²) in [5, 5.41) is 4.62. The number of hydrogen-bond acceptors (Lipinski definition) is 4. The SMILES string of the molecule is CC(=O)c1c(C)nn2c3ccccc3n(CCN3CCOCC3)c12.Cl. The normalized spacial score (nSPS) is 15.6. The van der Waals surface area contributed by atoms with Crippen molar-refractivity contribution < 1.29 is 9.53 Å². The maximum absolute atomic E-state index is 12.2. The first-order valence-corrected chi connectivity index (χ1v) is 8.44. The minimum Gasteiger partial charge on any atom is -0.379 e. The Bertz CT molecular complexity index is 909. The van der Waals surface area contributed by atoms with Crippen LogP contribution < -0.4 is 0 Å². The molecule has 1 fully saturated rings. The van der Waals surface area contributed by atoms with E-state index in [0.29, 0.717) is 0 Å². The molecule has 1 aromatic carbocycles. The number of aryl methyl sites for hydroxylation is 1. The maximum Gasteiger partial charge on any atom is 0.165 e. The number of aromatic nitrogens is 3. The van der Waals surface area contributed by atoms with E-state index in [9.17, 15) is 4.79 Å². The molecule has 6 nitrogen and oxygen atoms in total. The number of hydrogen-bond donors (Lipinski definition) is 0. The molecule has 0 N–H and O–H groups in total. The predicted octanol–water partition coefficient (Wildman–Crippen LogP) is 2.55. The first-order valence-electron chi connectivity index (χ1n) is 8.44. The Morgan fingerprint density at radius 1 is 1.16 bits per heavy atom. The van der Waals surface area contributed by atoms with E-state index in [-0.39, 0.29) is 18.2 Å². The largest absolute Gasteiger partial charge is 0.379 e. The van der Waals surface area contributed by atoms with Crippen LogP contribution >= 0.6 is 12.4 Å². The summed E-state index contributed by atoms with van der Waals surface area (Å²) in [6, 6.07) is 8.21. The molecule has 25 heavy (non-hydrogen) atoms. The van der Waals surface area contributed by atoms with E-state index in [2.05, 4.69) is 26.7 Å². The molecule has 0 spiro atoms. The highest BCUT2D eigenvalue weighted by atomic mass is 35.5. The molecule has 1 saturated heterocycles. The third kappa shape index (κ3) is 3.05. The summed E-state index contributed by atoms with van der Waals surface area (Å²) in [5.41, 5.74) is 4.60.